The number of amidine groups is 1. The predicted molar refractivity (Wildman–Crippen MR) is 117 cm³/mol. The van der Waals surface area contributed by atoms with Gasteiger partial charge in [-0.25, -0.2) is 0 Å². The average molecular weight is 407 g/mol. The Morgan fingerprint density at radius 1 is 1.21 bits per heavy atom. The fourth-order valence-corrected chi connectivity index (χ4v) is 5.95. The van der Waals surface area contributed by atoms with E-state index in [1.165, 1.54) is 22.1 Å². The maximum absolute atomic E-state index is 5.61. The Balaban J connectivity index is 1.58. The third kappa shape index (κ3) is 3.10. The van der Waals surface area contributed by atoms with Crippen LogP contribution >= 0.6 is 11.8 Å². The van der Waals surface area contributed by atoms with Crippen LogP contribution in [-0.2, 0) is 6.54 Å². The topological polar surface area (TPSA) is 46.6 Å². The Hall–Kier alpha value is -2.47. The van der Waals surface area contributed by atoms with E-state index in [1.807, 2.05) is 36.2 Å². The van der Waals surface area contributed by atoms with Gasteiger partial charge in [-0.05, 0) is 56.2 Å². The second-order valence-electron chi connectivity index (χ2n) is 7.83. The van der Waals surface area contributed by atoms with Crippen molar-refractivity contribution in [1.82, 2.24) is 14.5 Å². The molecule has 3 aromatic rings. The molecule has 6 heteroatoms. The summed E-state index contributed by atoms with van der Waals surface area (Å²) in [6.07, 6.45) is 4.75. The lowest BCUT2D eigenvalue weighted by molar-refractivity contribution is 0.254. The van der Waals surface area contributed by atoms with Crippen LogP contribution in [0.25, 0.3) is 0 Å². The van der Waals surface area contributed by atoms with Crippen molar-refractivity contribution in [1.29, 1.82) is 0 Å². The van der Waals surface area contributed by atoms with Gasteiger partial charge in [-0.15, -0.1) is 0 Å². The fraction of sp³-hybridized carbons (Fsp3) is 0.391. The van der Waals surface area contributed by atoms with Crippen LogP contribution in [0.5, 0.6) is 0 Å². The molecule has 0 radical (unpaired) electrons. The van der Waals surface area contributed by atoms with E-state index in [2.05, 4.69) is 53.4 Å². The van der Waals surface area contributed by atoms with E-state index in [1.54, 1.807) is 6.26 Å². The van der Waals surface area contributed by atoms with Crippen LogP contribution in [-0.4, -0.2) is 31.4 Å². The SMILES string of the molecule is CC[C@H]1CSC2=N[C@@H](c3ccccn3)[C@@H](c3cc(C)n(Cc4ccco4)c3C)N21. The summed E-state index contributed by atoms with van der Waals surface area (Å²) in [6, 6.07) is 13.2. The van der Waals surface area contributed by atoms with Crippen LogP contribution in [0.3, 0.4) is 0 Å². The molecule has 0 aromatic carbocycles. The lowest BCUT2D eigenvalue weighted by atomic mass is 9.95. The Kier molecular flexibility index (Phi) is 4.74. The normalized spacial score (nSPS) is 23.5. The molecule has 3 aromatic heterocycles. The van der Waals surface area contributed by atoms with Crippen molar-refractivity contribution in [2.24, 2.45) is 4.99 Å². The van der Waals surface area contributed by atoms with Gasteiger partial charge in [0.15, 0.2) is 5.17 Å². The number of pyridine rings is 1. The number of hydrogen-bond acceptors (Lipinski definition) is 5. The number of aromatic nitrogens is 2. The first-order valence-corrected chi connectivity index (χ1v) is 11.2. The standard InChI is InChI=1S/C23H26N4OS/c1-4-17-14-29-23-25-21(20-9-5-6-10-24-20)22(27(17)23)19-12-15(2)26(16(19)3)13-18-8-7-11-28-18/h5-12,17,21-22H,4,13-14H2,1-3H3/t17-,21-,22+/m0/s1. The zero-order valence-electron chi connectivity index (χ0n) is 17.1. The van der Waals surface area contributed by atoms with E-state index in [4.69, 9.17) is 9.41 Å². The first-order chi connectivity index (χ1) is 14.2. The molecule has 150 valence electrons. The molecule has 5 rings (SSSR count). The highest BCUT2D eigenvalue weighted by Gasteiger charge is 2.46. The van der Waals surface area contributed by atoms with E-state index in [0.29, 0.717) is 6.04 Å². The number of hydrogen-bond donors (Lipinski definition) is 0. The molecule has 2 aliphatic heterocycles. The predicted octanol–water partition coefficient (Wildman–Crippen LogP) is 5.12. The van der Waals surface area contributed by atoms with Crippen LogP contribution in [0.4, 0.5) is 0 Å². The summed E-state index contributed by atoms with van der Waals surface area (Å²) in [5.74, 6) is 2.09. The summed E-state index contributed by atoms with van der Waals surface area (Å²) in [5, 5.41) is 1.17. The molecule has 1 fully saturated rings. The molecule has 0 aliphatic carbocycles. The van der Waals surface area contributed by atoms with Crippen LogP contribution in [0.1, 0.15) is 53.8 Å². The lowest BCUT2D eigenvalue weighted by Gasteiger charge is -2.32. The van der Waals surface area contributed by atoms with Gasteiger partial charge in [0.1, 0.15) is 11.8 Å². The zero-order valence-corrected chi connectivity index (χ0v) is 17.9. The summed E-state index contributed by atoms with van der Waals surface area (Å²) in [7, 11) is 0. The molecule has 0 bridgehead atoms. The molecule has 2 aliphatic rings. The maximum atomic E-state index is 5.61. The van der Waals surface area contributed by atoms with Gasteiger partial charge >= 0.3 is 0 Å². The molecule has 5 heterocycles. The molecule has 0 N–H and O–H groups in total. The van der Waals surface area contributed by atoms with Gasteiger partial charge in [0.25, 0.3) is 0 Å². The van der Waals surface area contributed by atoms with Crippen molar-refractivity contribution in [2.75, 3.05) is 5.75 Å². The van der Waals surface area contributed by atoms with Gasteiger partial charge < -0.3 is 13.9 Å². The Bertz CT molecular complexity index is 1020. The second-order valence-corrected chi connectivity index (χ2v) is 8.82. The van der Waals surface area contributed by atoms with Crippen molar-refractivity contribution in [3.05, 3.63) is 77.3 Å². The highest BCUT2D eigenvalue weighted by Crippen LogP contribution is 2.49. The molecule has 3 atom stereocenters. The van der Waals surface area contributed by atoms with Crippen molar-refractivity contribution in [2.45, 2.75) is 51.9 Å². The van der Waals surface area contributed by atoms with Crippen molar-refractivity contribution < 1.29 is 4.42 Å². The van der Waals surface area contributed by atoms with Gasteiger partial charge in [-0.3, -0.25) is 9.98 Å². The first kappa shape index (κ1) is 18.6. The number of aryl methyl sites for hydroxylation is 1. The summed E-state index contributed by atoms with van der Waals surface area (Å²) < 4.78 is 7.96. The average Bonchev–Trinajstić information content (AvgIpc) is 3.50. The fourth-order valence-electron chi connectivity index (χ4n) is 4.62. The largest absolute Gasteiger partial charge is 0.467 e. The Labute approximate surface area is 175 Å². The smallest absolute Gasteiger partial charge is 0.160 e. The molecule has 1 saturated heterocycles. The highest BCUT2D eigenvalue weighted by atomic mass is 32.2. The van der Waals surface area contributed by atoms with E-state index in [9.17, 15) is 0 Å². The van der Waals surface area contributed by atoms with Gasteiger partial charge in [-0.2, -0.15) is 0 Å². The van der Waals surface area contributed by atoms with Crippen molar-refractivity contribution in [3.8, 4) is 0 Å². The molecule has 0 amide bonds. The quantitative estimate of drug-likeness (QED) is 0.590. The van der Waals surface area contributed by atoms with E-state index >= 15 is 0 Å². The number of fused-ring (bicyclic) bond motifs is 1. The monoisotopic (exact) mass is 406 g/mol. The number of aliphatic imine (C=N–C) groups is 1. The molecule has 29 heavy (non-hydrogen) atoms. The highest BCUT2D eigenvalue weighted by molar-refractivity contribution is 8.14. The number of rotatable bonds is 5. The van der Waals surface area contributed by atoms with Crippen LogP contribution in [0.15, 0.2) is 58.3 Å². The van der Waals surface area contributed by atoms with Gasteiger partial charge in [0.2, 0.25) is 0 Å². The van der Waals surface area contributed by atoms with E-state index in [0.717, 1.165) is 30.2 Å². The maximum Gasteiger partial charge on any atom is 0.160 e. The number of nitrogens with zero attached hydrogens (tertiary/aromatic N) is 4. The van der Waals surface area contributed by atoms with Gasteiger partial charge in [0.05, 0.1) is 24.5 Å². The molecule has 0 spiro atoms. The van der Waals surface area contributed by atoms with Gasteiger partial charge in [0, 0.05) is 29.4 Å². The minimum atomic E-state index is 0.0330. The lowest BCUT2D eigenvalue weighted by Crippen LogP contribution is -2.35. The number of thioether (sulfide) groups is 1. The van der Waals surface area contributed by atoms with Crippen molar-refractivity contribution in [3.63, 3.8) is 0 Å². The zero-order chi connectivity index (χ0) is 20.0. The summed E-state index contributed by atoms with van der Waals surface area (Å²) in [5.41, 5.74) is 4.94. The Morgan fingerprint density at radius 2 is 2.10 bits per heavy atom. The molecule has 0 saturated carbocycles. The molecule has 0 unspecified atom stereocenters. The minimum absolute atomic E-state index is 0.0330. The van der Waals surface area contributed by atoms with Crippen LogP contribution in [0.2, 0.25) is 0 Å². The number of furan rings is 1. The van der Waals surface area contributed by atoms with Crippen LogP contribution in [0, 0.1) is 13.8 Å². The van der Waals surface area contributed by atoms with Gasteiger partial charge in [-0.1, -0.05) is 24.8 Å². The van der Waals surface area contributed by atoms with Crippen molar-refractivity contribution >= 4 is 16.9 Å². The Morgan fingerprint density at radius 3 is 2.83 bits per heavy atom. The first-order valence-electron chi connectivity index (χ1n) is 10.3. The third-order valence-electron chi connectivity index (χ3n) is 6.15. The summed E-state index contributed by atoms with van der Waals surface area (Å²) >= 11 is 1.89. The molecule has 5 nitrogen and oxygen atoms in total. The van der Waals surface area contributed by atoms with Crippen LogP contribution < -0.4 is 0 Å². The van der Waals surface area contributed by atoms with E-state index in [-0.39, 0.29) is 12.1 Å². The minimum Gasteiger partial charge on any atom is -0.467 e. The summed E-state index contributed by atoms with van der Waals surface area (Å²) in [6.45, 7) is 7.44. The summed E-state index contributed by atoms with van der Waals surface area (Å²) in [4.78, 5) is 12.4. The second kappa shape index (κ2) is 7.41. The third-order valence-corrected chi connectivity index (χ3v) is 7.28. The van der Waals surface area contributed by atoms with E-state index < -0.39 is 0 Å². The molecular formula is C23H26N4OS. The molecular weight excluding hydrogens is 380 g/mol.